The molecular formula is C16H15BrN4O3. The normalized spacial score (nSPS) is 15.7. The number of hydrogen-bond donors (Lipinski definition) is 2. The standard InChI is InChI=1S/C16H15BrN4O3/c1-9(22)18-13-5-2-10-8-11(3-4-12(10)13)19-16-14(21(23)24)6-7-15(17)20-16/h3-4,6-8,13H,2,5H2,1H3,(H,18,22)(H,19,20). The monoisotopic (exact) mass is 390 g/mol. The molecule has 1 atom stereocenters. The van der Waals surface area contributed by atoms with E-state index in [-0.39, 0.29) is 23.5 Å². The van der Waals surface area contributed by atoms with Crippen molar-refractivity contribution < 1.29 is 9.72 Å². The van der Waals surface area contributed by atoms with E-state index in [9.17, 15) is 14.9 Å². The lowest BCUT2D eigenvalue weighted by Gasteiger charge is -2.13. The Kier molecular flexibility index (Phi) is 4.48. The van der Waals surface area contributed by atoms with Crippen molar-refractivity contribution in [2.24, 2.45) is 0 Å². The van der Waals surface area contributed by atoms with Crippen LogP contribution in [0, 0.1) is 10.1 Å². The van der Waals surface area contributed by atoms with E-state index in [0.717, 1.165) is 29.7 Å². The summed E-state index contributed by atoms with van der Waals surface area (Å²) in [6, 6.07) is 8.69. The van der Waals surface area contributed by atoms with Crippen molar-refractivity contribution in [2.45, 2.75) is 25.8 Å². The van der Waals surface area contributed by atoms with Gasteiger partial charge in [-0.2, -0.15) is 0 Å². The minimum absolute atomic E-state index is 0.0323. The molecule has 124 valence electrons. The van der Waals surface area contributed by atoms with E-state index in [2.05, 4.69) is 31.5 Å². The molecule has 1 aliphatic carbocycles. The molecule has 0 spiro atoms. The van der Waals surface area contributed by atoms with Gasteiger partial charge in [0.25, 0.3) is 0 Å². The number of amides is 1. The van der Waals surface area contributed by atoms with E-state index in [0.29, 0.717) is 4.60 Å². The predicted molar refractivity (Wildman–Crippen MR) is 93.2 cm³/mol. The average molecular weight is 391 g/mol. The number of benzene rings is 1. The molecule has 1 heterocycles. The van der Waals surface area contributed by atoms with Gasteiger partial charge in [-0.15, -0.1) is 0 Å². The molecule has 3 rings (SSSR count). The Morgan fingerprint density at radius 3 is 2.88 bits per heavy atom. The van der Waals surface area contributed by atoms with Gasteiger partial charge in [-0.3, -0.25) is 14.9 Å². The van der Waals surface area contributed by atoms with Gasteiger partial charge in [-0.25, -0.2) is 4.98 Å². The highest BCUT2D eigenvalue weighted by atomic mass is 79.9. The number of hydrogen-bond acceptors (Lipinski definition) is 5. The number of anilines is 2. The molecule has 1 aromatic heterocycles. The predicted octanol–water partition coefficient (Wildman–Crippen LogP) is 3.62. The van der Waals surface area contributed by atoms with Gasteiger partial charge in [0, 0.05) is 18.7 Å². The van der Waals surface area contributed by atoms with Crippen LogP contribution in [0.15, 0.2) is 34.9 Å². The number of carbonyl (C=O) groups excluding carboxylic acids is 1. The third-order valence-corrected chi connectivity index (χ3v) is 4.34. The number of nitrogens with one attached hydrogen (secondary N) is 2. The minimum Gasteiger partial charge on any atom is -0.350 e. The number of aryl methyl sites for hydroxylation is 1. The quantitative estimate of drug-likeness (QED) is 0.471. The number of halogens is 1. The molecule has 8 heteroatoms. The Hall–Kier alpha value is -2.48. The Morgan fingerprint density at radius 2 is 2.17 bits per heavy atom. The maximum Gasteiger partial charge on any atom is 0.311 e. The van der Waals surface area contributed by atoms with Gasteiger partial charge in [0.2, 0.25) is 11.7 Å². The van der Waals surface area contributed by atoms with Crippen molar-refractivity contribution in [2.75, 3.05) is 5.32 Å². The van der Waals surface area contributed by atoms with E-state index in [1.807, 2.05) is 18.2 Å². The summed E-state index contributed by atoms with van der Waals surface area (Å²) < 4.78 is 0.516. The van der Waals surface area contributed by atoms with Crippen molar-refractivity contribution >= 4 is 39.0 Å². The zero-order valence-electron chi connectivity index (χ0n) is 12.9. The molecule has 24 heavy (non-hydrogen) atoms. The Morgan fingerprint density at radius 1 is 1.38 bits per heavy atom. The van der Waals surface area contributed by atoms with E-state index in [4.69, 9.17) is 0 Å². The third-order valence-electron chi connectivity index (χ3n) is 3.90. The summed E-state index contributed by atoms with van der Waals surface area (Å²) in [4.78, 5) is 26.1. The Bertz CT molecular complexity index is 825. The van der Waals surface area contributed by atoms with Crippen LogP contribution < -0.4 is 10.6 Å². The highest BCUT2D eigenvalue weighted by molar-refractivity contribution is 9.10. The average Bonchev–Trinajstić information content (AvgIpc) is 2.88. The molecule has 0 aliphatic heterocycles. The summed E-state index contributed by atoms with van der Waals surface area (Å²) in [6.45, 7) is 1.51. The van der Waals surface area contributed by atoms with Crippen LogP contribution in [0.1, 0.15) is 30.5 Å². The first-order chi connectivity index (χ1) is 11.4. The fourth-order valence-electron chi connectivity index (χ4n) is 2.89. The fraction of sp³-hybridized carbons (Fsp3) is 0.250. The summed E-state index contributed by atoms with van der Waals surface area (Å²) in [5, 5.41) is 17.1. The molecule has 0 fully saturated rings. The van der Waals surface area contributed by atoms with Gasteiger partial charge in [-0.1, -0.05) is 6.07 Å². The molecule has 1 aromatic carbocycles. The van der Waals surface area contributed by atoms with Crippen LogP contribution in [0.5, 0.6) is 0 Å². The van der Waals surface area contributed by atoms with Crippen molar-refractivity contribution in [1.29, 1.82) is 0 Å². The summed E-state index contributed by atoms with van der Waals surface area (Å²) in [6.07, 6.45) is 1.71. The summed E-state index contributed by atoms with van der Waals surface area (Å²) in [7, 11) is 0. The van der Waals surface area contributed by atoms with Crippen LogP contribution in [0.2, 0.25) is 0 Å². The Balaban J connectivity index is 1.87. The van der Waals surface area contributed by atoms with E-state index in [1.54, 1.807) is 0 Å². The molecular weight excluding hydrogens is 376 g/mol. The van der Waals surface area contributed by atoms with Crippen molar-refractivity contribution in [3.63, 3.8) is 0 Å². The van der Waals surface area contributed by atoms with Crippen LogP contribution in [0.25, 0.3) is 0 Å². The van der Waals surface area contributed by atoms with Crippen LogP contribution in [0.4, 0.5) is 17.2 Å². The second-order valence-corrected chi connectivity index (χ2v) is 6.40. The van der Waals surface area contributed by atoms with Crippen molar-refractivity contribution in [1.82, 2.24) is 10.3 Å². The molecule has 1 aliphatic rings. The summed E-state index contributed by atoms with van der Waals surface area (Å²) >= 11 is 3.23. The third kappa shape index (κ3) is 3.38. The number of carbonyl (C=O) groups is 1. The molecule has 0 radical (unpaired) electrons. The number of aromatic nitrogens is 1. The van der Waals surface area contributed by atoms with Gasteiger partial charge < -0.3 is 10.6 Å². The number of rotatable bonds is 4. The van der Waals surface area contributed by atoms with Crippen molar-refractivity contribution in [3.8, 4) is 0 Å². The van der Waals surface area contributed by atoms with Crippen LogP contribution >= 0.6 is 15.9 Å². The highest BCUT2D eigenvalue weighted by Gasteiger charge is 2.23. The van der Waals surface area contributed by atoms with Gasteiger partial charge in [-0.05, 0) is 58.1 Å². The van der Waals surface area contributed by atoms with E-state index < -0.39 is 4.92 Å². The number of nitro groups is 1. The van der Waals surface area contributed by atoms with Gasteiger partial charge >= 0.3 is 5.69 Å². The van der Waals surface area contributed by atoms with E-state index >= 15 is 0 Å². The van der Waals surface area contributed by atoms with Gasteiger partial charge in [0.1, 0.15) is 4.60 Å². The van der Waals surface area contributed by atoms with Crippen LogP contribution in [-0.2, 0) is 11.2 Å². The Labute approximate surface area is 146 Å². The SMILES string of the molecule is CC(=O)NC1CCc2cc(Nc3nc(Br)ccc3[N+](=O)[O-])ccc21. The van der Waals surface area contributed by atoms with Crippen LogP contribution in [0.3, 0.4) is 0 Å². The molecule has 1 unspecified atom stereocenters. The lowest BCUT2D eigenvalue weighted by atomic mass is 10.1. The number of pyridine rings is 1. The smallest absolute Gasteiger partial charge is 0.311 e. The summed E-state index contributed by atoms with van der Waals surface area (Å²) in [5.41, 5.74) is 2.85. The molecule has 0 saturated heterocycles. The first-order valence-corrected chi connectivity index (χ1v) is 8.21. The minimum atomic E-state index is -0.470. The van der Waals surface area contributed by atoms with Gasteiger partial charge in [0.05, 0.1) is 11.0 Å². The maximum absolute atomic E-state index is 11.3. The fourth-order valence-corrected chi connectivity index (χ4v) is 3.20. The molecule has 7 nitrogen and oxygen atoms in total. The molecule has 2 N–H and O–H groups in total. The number of fused-ring (bicyclic) bond motifs is 1. The maximum atomic E-state index is 11.3. The second kappa shape index (κ2) is 6.56. The molecule has 2 aromatic rings. The van der Waals surface area contributed by atoms with E-state index in [1.165, 1.54) is 19.1 Å². The first kappa shape index (κ1) is 16.4. The highest BCUT2D eigenvalue weighted by Crippen LogP contribution is 2.34. The zero-order chi connectivity index (χ0) is 17.3. The lowest BCUT2D eigenvalue weighted by molar-refractivity contribution is -0.384. The lowest BCUT2D eigenvalue weighted by Crippen LogP contribution is -2.24. The topological polar surface area (TPSA) is 97.2 Å². The summed E-state index contributed by atoms with van der Waals surface area (Å²) in [5.74, 6) is 0.134. The number of nitrogens with zero attached hydrogens (tertiary/aromatic N) is 2. The second-order valence-electron chi connectivity index (χ2n) is 5.59. The largest absolute Gasteiger partial charge is 0.350 e. The zero-order valence-corrected chi connectivity index (χ0v) is 14.5. The molecule has 1 amide bonds. The van der Waals surface area contributed by atoms with Gasteiger partial charge in [0.15, 0.2) is 0 Å². The molecule has 0 bridgehead atoms. The first-order valence-electron chi connectivity index (χ1n) is 7.42. The molecule has 0 saturated carbocycles. The van der Waals surface area contributed by atoms with Crippen molar-refractivity contribution in [3.05, 3.63) is 56.2 Å². The van der Waals surface area contributed by atoms with Crippen LogP contribution in [-0.4, -0.2) is 15.8 Å².